The zero-order chi connectivity index (χ0) is 13.8. The van der Waals surface area contributed by atoms with Crippen LogP contribution in [0.2, 0.25) is 0 Å². The van der Waals surface area contributed by atoms with Gasteiger partial charge in [0.2, 0.25) is 0 Å². The van der Waals surface area contributed by atoms with Crippen LogP contribution in [0.1, 0.15) is 37.7 Å². The summed E-state index contributed by atoms with van der Waals surface area (Å²) >= 11 is 0. The Morgan fingerprint density at radius 1 is 1.15 bits per heavy atom. The average Bonchev–Trinajstić information content (AvgIpc) is 3.33. The van der Waals surface area contributed by atoms with Crippen molar-refractivity contribution in [3.63, 3.8) is 0 Å². The lowest BCUT2D eigenvalue weighted by molar-refractivity contribution is -0.00880. The van der Waals surface area contributed by atoms with Gasteiger partial charge in [-0.05, 0) is 49.8 Å². The molecule has 1 saturated heterocycles. The maximum Gasteiger partial charge on any atom is 0.118 e. The van der Waals surface area contributed by atoms with E-state index >= 15 is 0 Å². The standard InChI is InChI=1S/C17H25NO2/c1-19-16-9-5-14(6-10-16)12-18(15-7-8-15)13-17-4-2-3-11-20-17/h5-6,9-10,15,17H,2-4,7-8,11-13H2,1H3. The van der Waals surface area contributed by atoms with Gasteiger partial charge in [-0.1, -0.05) is 12.1 Å². The number of nitrogens with zero attached hydrogens (tertiary/aromatic N) is 1. The molecule has 110 valence electrons. The second kappa shape index (κ2) is 6.59. The monoisotopic (exact) mass is 275 g/mol. The third kappa shape index (κ3) is 3.74. The zero-order valence-electron chi connectivity index (χ0n) is 12.4. The van der Waals surface area contributed by atoms with Crippen molar-refractivity contribution in [1.29, 1.82) is 0 Å². The van der Waals surface area contributed by atoms with Crippen molar-refractivity contribution in [3.05, 3.63) is 29.8 Å². The molecule has 1 atom stereocenters. The van der Waals surface area contributed by atoms with Crippen molar-refractivity contribution in [3.8, 4) is 5.75 Å². The summed E-state index contributed by atoms with van der Waals surface area (Å²) in [7, 11) is 1.71. The van der Waals surface area contributed by atoms with Crippen LogP contribution in [0.5, 0.6) is 5.75 Å². The Hall–Kier alpha value is -1.06. The third-order valence-corrected chi connectivity index (χ3v) is 4.32. The van der Waals surface area contributed by atoms with E-state index in [1.807, 2.05) is 0 Å². The van der Waals surface area contributed by atoms with Crippen molar-refractivity contribution in [2.24, 2.45) is 0 Å². The number of ether oxygens (including phenoxy) is 2. The van der Waals surface area contributed by atoms with E-state index in [0.717, 1.165) is 31.5 Å². The SMILES string of the molecule is COc1ccc(CN(CC2CCCCO2)C2CC2)cc1. The second-order valence-corrected chi connectivity index (χ2v) is 6.00. The average molecular weight is 275 g/mol. The molecule has 1 unspecified atom stereocenters. The number of hydrogen-bond donors (Lipinski definition) is 0. The maximum absolute atomic E-state index is 5.90. The van der Waals surface area contributed by atoms with E-state index in [2.05, 4.69) is 29.2 Å². The first kappa shape index (κ1) is 13.9. The molecule has 0 spiro atoms. The topological polar surface area (TPSA) is 21.7 Å². The van der Waals surface area contributed by atoms with E-state index in [4.69, 9.17) is 9.47 Å². The molecule has 3 rings (SSSR count). The Balaban J connectivity index is 1.58. The van der Waals surface area contributed by atoms with E-state index in [1.54, 1.807) is 7.11 Å². The van der Waals surface area contributed by atoms with Crippen molar-refractivity contribution >= 4 is 0 Å². The van der Waals surface area contributed by atoms with Crippen molar-refractivity contribution in [1.82, 2.24) is 4.90 Å². The molecule has 3 nitrogen and oxygen atoms in total. The lowest BCUT2D eigenvalue weighted by atomic mass is 10.1. The Kier molecular flexibility index (Phi) is 4.58. The molecule has 20 heavy (non-hydrogen) atoms. The Labute approximate surface area is 121 Å². The van der Waals surface area contributed by atoms with E-state index in [1.165, 1.54) is 37.7 Å². The summed E-state index contributed by atoms with van der Waals surface area (Å²) in [6.07, 6.45) is 6.93. The Bertz CT molecular complexity index is 408. The summed E-state index contributed by atoms with van der Waals surface area (Å²) in [5.74, 6) is 0.933. The van der Waals surface area contributed by atoms with Crippen LogP contribution < -0.4 is 4.74 Å². The molecular weight excluding hydrogens is 250 g/mol. The molecule has 3 heteroatoms. The Morgan fingerprint density at radius 2 is 1.95 bits per heavy atom. The van der Waals surface area contributed by atoms with Gasteiger partial charge in [0.15, 0.2) is 0 Å². The summed E-state index contributed by atoms with van der Waals surface area (Å²) in [5, 5.41) is 0. The number of benzene rings is 1. The van der Waals surface area contributed by atoms with Gasteiger partial charge < -0.3 is 9.47 Å². The molecule has 1 saturated carbocycles. The minimum Gasteiger partial charge on any atom is -0.497 e. The number of rotatable bonds is 6. The van der Waals surface area contributed by atoms with Gasteiger partial charge in [0.25, 0.3) is 0 Å². The van der Waals surface area contributed by atoms with Crippen LogP contribution in [0.3, 0.4) is 0 Å². The molecule has 0 aromatic heterocycles. The van der Waals surface area contributed by atoms with Crippen molar-refractivity contribution in [2.75, 3.05) is 20.3 Å². The molecule has 0 bridgehead atoms. The molecule has 1 aromatic carbocycles. The molecule has 1 heterocycles. The van der Waals surface area contributed by atoms with Gasteiger partial charge >= 0.3 is 0 Å². The molecule has 1 aromatic rings. The molecule has 1 aliphatic carbocycles. The molecule has 0 amide bonds. The summed E-state index contributed by atoms with van der Waals surface area (Å²) in [6.45, 7) is 3.08. The molecule has 2 fully saturated rings. The van der Waals surface area contributed by atoms with Gasteiger partial charge in [-0.2, -0.15) is 0 Å². The minimum absolute atomic E-state index is 0.447. The number of methoxy groups -OCH3 is 1. The lowest BCUT2D eigenvalue weighted by Crippen LogP contribution is -2.36. The highest BCUT2D eigenvalue weighted by molar-refractivity contribution is 5.27. The fraction of sp³-hybridized carbons (Fsp3) is 0.647. The minimum atomic E-state index is 0.447. The fourth-order valence-electron chi connectivity index (χ4n) is 2.96. The highest BCUT2D eigenvalue weighted by atomic mass is 16.5. The molecule has 0 N–H and O–H groups in total. The van der Waals surface area contributed by atoms with E-state index in [0.29, 0.717) is 6.10 Å². The highest BCUT2D eigenvalue weighted by Gasteiger charge is 2.31. The van der Waals surface area contributed by atoms with Crippen LogP contribution in [0.25, 0.3) is 0 Å². The van der Waals surface area contributed by atoms with Crippen molar-refractivity contribution in [2.45, 2.75) is 50.8 Å². The summed E-state index contributed by atoms with van der Waals surface area (Å²) in [6, 6.07) is 9.24. The largest absolute Gasteiger partial charge is 0.497 e. The van der Waals surface area contributed by atoms with Gasteiger partial charge in [0, 0.05) is 25.7 Å². The number of hydrogen-bond acceptors (Lipinski definition) is 3. The van der Waals surface area contributed by atoms with Gasteiger partial charge in [-0.25, -0.2) is 0 Å². The van der Waals surface area contributed by atoms with Crippen LogP contribution in [0.15, 0.2) is 24.3 Å². The zero-order valence-corrected chi connectivity index (χ0v) is 12.4. The predicted octanol–water partition coefficient (Wildman–Crippen LogP) is 3.23. The quantitative estimate of drug-likeness (QED) is 0.795. The maximum atomic E-state index is 5.90. The van der Waals surface area contributed by atoms with Gasteiger partial charge in [-0.3, -0.25) is 4.90 Å². The first-order valence-electron chi connectivity index (χ1n) is 7.84. The predicted molar refractivity (Wildman–Crippen MR) is 80.0 cm³/mol. The van der Waals surface area contributed by atoms with Crippen LogP contribution in [0.4, 0.5) is 0 Å². The summed E-state index contributed by atoms with van der Waals surface area (Å²) in [5.41, 5.74) is 1.37. The molecular formula is C17H25NO2. The van der Waals surface area contributed by atoms with Crippen molar-refractivity contribution < 1.29 is 9.47 Å². The lowest BCUT2D eigenvalue weighted by Gasteiger charge is -2.30. The highest BCUT2D eigenvalue weighted by Crippen LogP contribution is 2.30. The van der Waals surface area contributed by atoms with Gasteiger partial charge in [-0.15, -0.1) is 0 Å². The normalized spacial score (nSPS) is 23.0. The van der Waals surface area contributed by atoms with E-state index < -0.39 is 0 Å². The Morgan fingerprint density at radius 3 is 2.55 bits per heavy atom. The fourth-order valence-corrected chi connectivity index (χ4v) is 2.96. The van der Waals surface area contributed by atoms with Crippen LogP contribution >= 0.6 is 0 Å². The van der Waals surface area contributed by atoms with Gasteiger partial charge in [0.05, 0.1) is 13.2 Å². The van der Waals surface area contributed by atoms with Crippen LogP contribution in [-0.4, -0.2) is 37.3 Å². The summed E-state index contributed by atoms with van der Waals surface area (Å²) < 4.78 is 11.1. The molecule has 1 aliphatic heterocycles. The summed E-state index contributed by atoms with van der Waals surface area (Å²) in [4.78, 5) is 2.61. The third-order valence-electron chi connectivity index (χ3n) is 4.32. The molecule has 0 radical (unpaired) electrons. The second-order valence-electron chi connectivity index (χ2n) is 6.00. The molecule has 2 aliphatic rings. The first-order valence-corrected chi connectivity index (χ1v) is 7.84. The van der Waals surface area contributed by atoms with E-state index in [-0.39, 0.29) is 0 Å². The van der Waals surface area contributed by atoms with Gasteiger partial charge in [0.1, 0.15) is 5.75 Å². The first-order chi connectivity index (χ1) is 9.85. The van der Waals surface area contributed by atoms with Crippen LogP contribution in [0, 0.1) is 0 Å². The smallest absolute Gasteiger partial charge is 0.118 e. The van der Waals surface area contributed by atoms with E-state index in [9.17, 15) is 0 Å². The van der Waals surface area contributed by atoms with Crippen LogP contribution in [-0.2, 0) is 11.3 Å².